The van der Waals surface area contributed by atoms with Crippen LogP contribution in [-0.4, -0.2) is 33.4 Å². The average molecular weight is 395 g/mol. The molecular formula is C17H18FN3O5S. The van der Waals surface area contributed by atoms with Crippen LogP contribution in [0.1, 0.15) is 17.3 Å². The molecule has 0 spiro atoms. The smallest absolute Gasteiger partial charge is 0.257 e. The number of hydrazine groups is 1. The quantitative estimate of drug-likeness (QED) is 0.576. The number of halogens is 1. The van der Waals surface area contributed by atoms with E-state index in [0.717, 1.165) is 6.07 Å². The van der Waals surface area contributed by atoms with Crippen LogP contribution in [0.3, 0.4) is 0 Å². The first-order valence-corrected chi connectivity index (χ1v) is 9.38. The lowest BCUT2D eigenvalue weighted by atomic mass is 10.2. The molecule has 0 aliphatic heterocycles. The molecule has 27 heavy (non-hydrogen) atoms. The standard InChI is InChI=1S/C17H18FN3O5S/c1-2-26-12-7-9-13(10-8-12)27(24,25)21-20-16(22)11-19-17(23)14-5-3-4-6-15(14)18/h3-10,21H,2,11H2,1H3,(H,19,23)(H,20,22). The molecule has 2 amide bonds. The third-order valence-electron chi connectivity index (χ3n) is 3.30. The highest BCUT2D eigenvalue weighted by atomic mass is 32.2. The Hall–Kier alpha value is -2.98. The summed E-state index contributed by atoms with van der Waals surface area (Å²) in [6.45, 7) is 1.70. The Morgan fingerprint density at radius 2 is 1.74 bits per heavy atom. The van der Waals surface area contributed by atoms with E-state index in [2.05, 4.69) is 5.32 Å². The first kappa shape index (κ1) is 20.3. The van der Waals surface area contributed by atoms with Gasteiger partial charge in [0.15, 0.2) is 0 Å². The SMILES string of the molecule is CCOc1ccc(S(=O)(=O)NNC(=O)CNC(=O)c2ccccc2F)cc1. The molecule has 2 rings (SSSR count). The largest absolute Gasteiger partial charge is 0.494 e. The molecule has 144 valence electrons. The van der Waals surface area contributed by atoms with Crippen LogP contribution in [-0.2, 0) is 14.8 Å². The van der Waals surface area contributed by atoms with Gasteiger partial charge in [0.05, 0.1) is 23.6 Å². The van der Waals surface area contributed by atoms with Gasteiger partial charge in [-0.1, -0.05) is 12.1 Å². The third-order valence-corrected chi connectivity index (χ3v) is 4.56. The van der Waals surface area contributed by atoms with Gasteiger partial charge in [0.2, 0.25) is 0 Å². The highest BCUT2D eigenvalue weighted by Crippen LogP contribution is 2.15. The monoisotopic (exact) mass is 395 g/mol. The minimum Gasteiger partial charge on any atom is -0.494 e. The normalized spacial score (nSPS) is 10.9. The molecule has 10 heteroatoms. The molecule has 0 aliphatic carbocycles. The van der Waals surface area contributed by atoms with Gasteiger partial charge >= 0.3 is 0 Å². The number of nitrogens with one attached hydrogen (secondary N) is 3. The van der Waals surface area contributed by atoms with Gasteiger partial charge in [-0.25, -0.2) is 12.8 Å². The number of rotatable bonds is 8. The van der Waals surface area contributed by atoms with Crippen molar-refractivity contribution in [1.29, 1.82) is 0 Å². The number of hydrogen-bond donors (Lipinski definition) is 3. The fraction of sp³-hybridized carbons (Fsp3) is 0.176. The zero-order valence-corrected chi connectivity index (χ0v) is 15.2. The van der Waals surface area contributed by atoms with Crippen LogP contribution >= 0.6 is 0 Å². The highest BCUT2D eigenvalue weighted by molar-refractivity contribution is 7.89. The first-order chi connectivity index (χ1) is 12.8. The van der Waals surface area contributed by atoms with Crippen LogP contribution < -0.4 is 20.3 Å². The minimum atomic E-state index is -3.99. The summed E-state index contributed by atoms with van der Waals surface area (Å²) in [4.78, 5) is 25.3. The summed E-state index contributed by atoms with van der Waals surface area (Å²) in [5.41, 5.74) is 1.74. The summed E-state index contributed by atoms with van der Waals surface area (Å²) in [5.74, 6) is -1.84. The van der Waals surface area contributed by atoms with Crippen LogP contribution in [0.15, 0.2) is 53.4 Å². The van der Waals surface area contributed by atoms with E-state index < -0.39 is 34.2 Å². The average Bonchev–Trinajstić information content (AvgIpc) is 2.65. The Morgan fingerprint density at radius 3 is 2.37 bits per heavy atom. The summed E-state index contributed by atoms with van der Waals surface area (Å²) in [5, 5.41) is 2.19. The van der Waals surface area contributed by atoms with Crippen molar-refractivity contribution in [2.75, 3.05) is 13.2 Å². The van der Waals surface area contributed by atoms with Gasteiger partial charge in [0.1, 0.15) is 11.6 Å². The van der Waals surface area contributed by atoms with Crippen molar-refractivity contribution >= 4 is 21.8 Å². The molecule has 0 fully saturated rings. The van der Waals surface area contributed by atoms with E-state index in [1.807, 2.05) is 10.3 Å². The molecule has 0 atom stereocenters. The maximum Gasteiger partial charge on any atom is 0.257 e. The van der Waals surface area contributed by atoms with E-state index in [1.54, 1.807) is 6.92 Å². The third kappa shape index (κ3) is 5.76. The van der Waals surface area contributed by atoms with Crippen molar-refractivity contribution in [2.45, 2.75) is 11.8 Å². The molecule has 0 unspecified atom stereocenters. The molecule has 2 aromatic rings. The van der Waals surface area contributed by atoms with Gasteiger partial charge in [0.25, 0.3) is 21.8 Å². The van der Waals surface area contributed by atoms with Gasteiger partial charge in [-0.3, -0.25) is 15.0 Å². The number of sulfonamides is 1. The summed E-state index contributed by atoms with van der Waals surface area (Å²) < 4.78 is 42.9. The van der Waals surface area contributed by atoms with E-state index in [4.69, 9.17) is 4.74 Å². The van der Waals surface area contributed by atoms with Crippen molar-refractivity contribution in [3.8, 4) is 5.75 Å². The first-order valence-electron chi connectivity index (χ1n) is 7.89. The fourth-order valence-electron chi connectivity index (χ4n) is 2.01. The van der Waals surface area contributed by atoms with Gasteiger partial charge in [-0.2, -0.15) is 0 Å². The Labute approximate surface area is 155 Å². The molecule has 8 nitrogen and oxygen atoms in total. The second kappa shape index (κ2) is 9.10. The predicted octanol–water partition coefficient (Wildman–Crippen LogP) is 0.964. The summed E-state index contributed by atoms with van der Waals surface area (Å²) in [6, 6.07) is 10.9. The molecule has 3 N–H and O–H groups in total. The Kier molecular flexibility index (Phi) is 6.85. The second-order valence-electron chi connectivity index (χ2n) is 5.22. The van der Waals surface area contributed by atoms with Crippen molar-refractivity contribution in [3.05, 3.63) is 59.9 Å². The Balaban J connectivity index is 1.87. The summed E-state index contributed by atoms with van der Waals surface area (Å²) >= 11 is 0. The summed E-state index contributed by atoms with van der Waals surface area (Å²) in [7, 11) is -3.99. The number of carbonyl (C=O) groups excluding carboxylic acids is 2. The summed E-state index contributed by atoms with van der Waals surface area (Å²) in [6.07, 6.45) is 0. The zero-order chi connectivity index (χ0) is 19.9. The molecule has 0 radical (unpaired) electrons. The number of amides is 2. The number of benzene rings is 2. The van der Waals surface area contributed by atoms with E-state index in [0.29, 0.717) is 12.4 Å². The van der Waals surface area contributed by atoms with Gasteiger partial charge in [0, 0.05) is 0 Å². The Bertz CT molecular complexity index is 916. The maximum absolute atomic E-state index is 13.5. The van der Waals surface area contributed by atoms with Crippen molar-refractivity contribution in [3.63, 3.8) is 0 Å². The molecule has 2 aromatic carbocycles. The topological polar surface area (TPSA) is 114 Å². The predicted molar refractivity (Wildman–Crippen MR) is 94.8 cm³/mol. The van der Waals surface area contributed by atoms with Gasteiger partial charge in [-0.15, -0.1) is 4.83 Å². The highest BCUT2D eigenvalue weighted by Gasteiger charge is 2.16. The van der Waals surface area contributed by atoms with Crippen molar-refractivity contribution in [2.24, 2.45) is 0 Å². The van der Waals surface area contributed by atoms with Crippen LogP contribution in [0.2, 0.25) is 0 Å². The number of ether oxygens (including phenoxy) is 1. The van der Waals surface area contributed by atoms with E-state index >= 15 is 0 Å². The van der Waals surface area contributed by atoms with E-state index in [9.17, 15) is 22.4 Å². The second-order valence-corrected chi connectivity index (χ2v) is 6.90. The van der Waals surface area contributed by atoms with Gasteiger partial charge < -0.3 is 10.1 Å². The minimum absolute atomic E-state index is 0.0818. The Morgan fingerprint density at radius 1 is 1.07 bits per heavy atom. The number of carbonyl (C=O) groups is 2. The lowest BCUT2D eigenvalue weighted by Gasteiger charge is -2.10. The van der Waals surface area contributed by atoms with Crippen LogP contribution in [0.25, 0.3) is 0 Å². The van der Waals surface area contributed by atoms with E-state index in [1.165, 1.54) is 42.5 Å². The van der Waals surface area contributed by atoms with E-state index in [-0.39, 0.29) is 10.5 Å². The zero-order valence-electron chi connectivity index (χ0n) is 14.4. The number of hydrogen-bond acceptors (Lipinski definition) is 5. The van der Waals surface area contributed by atoms with Crippen LogP contribution in [0.4, 0.5) is 4.39 Å². The molecule has 0 saturated heterocycles. The lowest BCUT2D eigenvalue weighted by molar-refractivity contribution is -0.120. The fourth-order valence-corrected chi connectivity index (χ4v) is 2.87. The molecule has 0 heterocycles. The van der Waals surface area contributed by atoms with Crippen molar-refractivity contribution < 1.29 is 27.1 Å². The van der Waals surface area contributed by atoms with Crippen LogP contribution in [0.5, 0.6) is 5.75 Å². The maximum atomic E-state index is 13.5. The lowest BCUT2D eigenvalue weighted by Crippen LogP contribution is -2.46. The molecule has 0 aromatic heterocycles. The molecule has 0 saturated carbocycles. The molecule has 0 aliphatic rings. The molecule has 0 bridgehead atoms. The molecular weight excluding hydrogens is 377 g/mol. The van der Waals surface area contributed by atoms with Crippen LogP contribution in [0, 0.1) is 5.82 Å². The van der Waals surface area contributed by atoms with Crippen molar-refractivity contribution in [1.82, 2.24) is 15.6 Å². The van der Waals surface area contributed by atoms with Gasteiger partial charge in [-0.05, 0) is 43.3 Å².